The molecule has 0 amide bonds. The Hall–Kier alpha value is -3.23. The van der Waals surface area contributed by atoms with E-state index in [1.165, 1.54) is 26.2 Å². The second-order valence-electron chi connectivity index (χ2n) is 10.6. The lowest BCUT2D eigenvalue weighted by Gasteiger charge is -2.27. The lowest BCUT2D eigenvalue weighted by molar-refractivity contribution is -0.157. The number of alkyl halides is 1. The van der Waals surface area contributed by atoms with E-state index in [1.807, 2.05) is 36.4 Å². The summed E-state index contributed by atoms with van der Waals surface area (Å²) in [6, 6.07) is 20.1. The van der Waals surface area contributed by atoms with Gasteiger partial charge in [0, 0.05) is 16.6 Å². The number of nitrogen functional groups attached to an aromatic ring is 1. The molecule has 41 heavy (non-hydrogen) atoms. The van der Waals surface area contributed by atoms with Crippen molar-refractivity contribution in [2.75, 3.05) is 32.0 Å². The highest BCUT2D eigenvalue weighted by atomic mass is 79.9. The average Bonchev–Trinajstić information content (AvgIpc) is 2.99. The van der Waals surface area contributed by atoms with Gasteiger partial charge in [0.15, 0.2) is 0 Å². The quantitative estimate of drug-likeness (QED) is 0.128. The fourth-order valence-electron chi connectivity index (χ4n) is 4.94. The van der Waals surface area contributed by atoms with E-state index in [9.17, 15) is 9.59 Å². The first-order chi connectivity index (χ1) is 19.8. The predicted molar refractivity (Wildman–Crippen MR) is 163 cm³/mol. The van der Waals surface area contributed by atoms with Crippen LogP contribution in [0.4, 0.5) is 10.1 Å². The summed E-state index contributed by atoms with van der Waals surface area (Å²) < 4.78 is 26.7. The SMILES string of the molecule is CC(F)(C(=O)OCCCCCOC(=O)c1cc(Br)c(N)c(CN2CCCCC2)c1)c1ccc(-c2ccccc2)cc1. The zero-order chi connectivity index (χ0) is 29.2. The van der Waals surface area contributed by atoms with Gasteiger partial charge in [0.25, 0.3) is 0 Å². The van der Waals surface area contributed by atoms with Crippen molar-refractivity contribution in [1.82, 2.24) is 4.90 Å². The number of halogens is 2. The van der Waals surface area contributed by atoms with Crippen molar-refractivity contribution in [3.05, 3.63) is 87.9 Å². The molecule has 3 aromatic carbocycles. The standard InChI is InChI=1S/C33H38BrFN2O4/c1-33(35,28-15-13-25(14-16-28)24-11-5-2-6-12-24)32(39)41-20-10-4-9-19-40-31(38)26-21-27(30(36)29(34)22-26)23-37-17-7-3-8-18-37/h2,5-6,11-16,21-22H,3-4,7-10,17-20,23,36H2,1H3. The van der Waals surface area contributed by atoms with Gasteiger partial charge in [-0.25, -0.2) is 14.0 Å². The number of nitrogens with two attached hydrogens (primary N) is 1. The van der Waals surface area contributed by atoms with Crippen molar-refractivity contribution in [3.8, 4) is 11.1 Å². The molecule has 218 valence electrons. The molecule has 8 heteroatoms. The second-order valence-corrected chi connectivity index (χ2v) is 11.5. The van der Waals surface area contributed by atoms with Crippen molar-refractivity contribution < 1.29 is 23.5 Å². The minimum absolute atomic E-state index is 0.0964. The van der Waals surface area contributed by atoms with Gasteiger partial charge >= 0.3 is 11.9 Å². The number of ether oxygens (including phenoxy) is 2. The van der Waals surface area contributed by atoms with Gasteiger partial charge in [-0.15, -0.1) is 0 Å². The minimum atomic E-state index is -2.25. The lowest BCUT2D eigenvalue weighted by atomic mass is 9.95. The van der Waals surface area contributed by atoms with Crippen molar-refractivity contribution in [2.45, 2.75) is 57.7 Å². The predicted octanol–water partition coefficient (Wildman–Crippen LogP) is 7.44. The van der Waals surface area contributed by atoms with Crippen molar-refractivity contribution >= 4 is 33.6 Å². The van der Waals surface area contributed by atoms with Gasteiger partial charge in [-0.1, -0.05) is 61.0 Å². The third kappa shape index (κ3) is 8.39. The summed E-state index contributed by atoms with van der Waals surface area (Å²) in [6.45, 7) is 4.34. The number of piperidine rings is 1. The van der Waals surface area contributed by atoms with Crippen LogP contribution >= 0.6 is 15.9 Å². The number of benzene rings is 3. The van der Waals surface area contributed by atoms with Gasteiger partial charge in [-0.3, -0.25) is 4.90 Å². The fraction of sp³-hybridized carbons (Fsp3) is 0.394. The van der Waals surface area contributed by atoms with Crippen LogP contribution in [-0.2, 0) is 26.5 Å². The van der Waals surface area contributed by atoms with Crippen molar-refractivity contribution in [3.63, 3.8) is 0 Å². The van der Waals surface area contributed by atoms with Crippen LogP contribution in [-0.4, -0.2) is 43.1 Å². The van der Waals surface area contributed by atoms with E-state index >= 15 is 4.39 Å². The maximum Gasteiger partial charge on any atom is 0.348 e. The highest BCUT2D eigenvalue weighted by molar-refractivity contribution is 9.10. The molecule has 4 rings (SSSR count). The van der Waals surface area contributed by atoms with Crippen LogP contribution in [0.5, 0.6) is 0 Å². The highest BCUT2D eigenvalue weighted by Crippen LogP contribution is 2.30. The Bertz CT molecular complexity index is 1310. The number of rotatable bonds is 12. The Balaban J connectivity index is 1.17. The maximum absolute atomic E-state index is 15.3. The van der Waals surface area contributed by atoms with E-state index in [0.29, 0.717) is 41.5 Å². The smallest absolute Gasteiger partial charge is 0.348 e. The van der Waals surface area contributed by atoms with Crippen LogP contribution in [0.15, 0.2) is 71.2 Å². The fourth-order valence-corrected chi connectivity index (χ4v) is 5.44. The molecule has 1 saturated heterocycles. The number of carbonyl (C=O) groups excluding carboxylic acids is 2. The second kappa shape index (κ2) is 14.6. The summed E-state index contributed by atoms with van der Waals surface area (Å²) in [6.07, 6.45) is 5.43. The number of hydrogen-bond acceptors (Lipinski definition) is 6. The third-order valence-corrected chi connectivity index (χ3v) is 8.12. The number of esters is 2. The molecule has 6 nitrogen and oxygen atoms in total. The molecule has 1 heterocycles. The van der Waals surface area contributed by atoms with Crippen LogP contribution in [0.2, 0.25) is 0 Å². The Labute approximate surface area is 250 Å². The molecule has 0 aromatic heterocycles. The molecule has 1 unspecified atom stereocenters. The summed E-state index contributed by atoms with van der Waals surface area (Å²) in [7, 11) is 0. The first-order valence-corrected chi connectivity index (χ1v) is 15.0. The molecule has 0 saturated carbocycles. The van der Waals surface area contributed by atoms with Crippen LogP contribution in [0, 0.1) is 0 Å². The topological polar surface area (TPSA) is 81.9 Å². The first kappa shape index (κ1) is 30.7. The van der Waals surface area contributed by atoms with Crippen LogP contribution in [0.1, 0.15) is 66.9 Å². The average molecular weight is 626 g/mol. The number of unbranched alkanes of at least 4 members (excludes halogenated alkanes) is 2. The van der Waals surface area contributed by atoms with Gasteiger partial charge in [0.05, 0.1) is 24.5 Å². The molecular formula is C33H38BrFN2O4. The van der Waals surface area contributed by atoms with Crippen LogP contribution < -0.4 is 5.73 Å². The van der Waals surface area contributed by atoms with Crippen molar-refractivity contribution in [1.29, 1.82) is 0 Å². The Morgan fingerprint density at radius 2 is 1.54 bits per heavy atom. The largest absolute Gasteiger partial charge is 0.463 e. The van der Waals surface area contributed by atoms with Gasteiger partial charge < -0.3 is 15.2 Å². The molecule has 3 aromatic rings. The zero-order valence-electron chi connectivity index (χ0n) is 23.5. The molecule has 1 atom stereocenters. The van der Waals surface area contributed by atoms with E-state index in [1.54, 1.807) is 30.3 Å². The highest BCUT2D eigenvalue weighted by Gasteiger charge is 2.36. The number of anilines is 1. The molecular weight excluding hydrogens is 587 g/mol. The van der Waals surface area contributed by atoms with Crippen LogP contribution in [0.25, 0.3) is 11.1 Å². The van der Waals surface area contributed by atoms with E-state index < -0.39 is 17.6 Å². The number of carbonyl (C=O) groups is 2. The maximum atomic E-state index is 15.3. The zero-order valence-corrected chi connectivity index (χ0v) is 25.1. The Morgan fingerprint density at radius 3 is 2.22 bits per heavy atom. The third-order valence-electron chi connectivity index (χ3n) is 7.47. The summed E-state index contributed by atoms with van der Waals surface area (Å²) in [5.41, 5.74) is 8.26. The number of nitrogens with zero attached hydrogens (tertiary/aromatic N) is 1. The van der Waals surface area contributed by atoms with Crippen molar-refractivity contribution in [2.24, 2.45) is 0 Å². The summed E-state index contributed by atoms with van der Waals surface area (Å²) in [5.74, 6) is -1.31. The molecule has 1 fully saturated rings. The first-order valence-electron chi connectivity index (χ1n) is 14.2. The number of hydrogen-bond donors (Lipinski definition) is 1. The lowest BCUT2D eigenvalue weighted by Crippen LogP contribution is -2.30. The molecule has 1 aliphatic heterocycles. The van der Waals surface area contributed by atoms with E-state index in [2.05, 4.69) is 20.8 Å². The minimum Gasteiger partial charge on any atom is -0.463 e. The van der Waals surface area contributed by atoms with E-state index in [4.69, 9.17) is 15.2 Å². The number of likely N-dealkylation sites (tertiary alicyclic amines) is 1. The van der Waals surface area contributed by atoms with Gasteiger partial charge in [-0.05, 0) is 96.9 Å². The Kier molecular flexibility index (Phi) is 10.9. The molecule has 2 N–H and O–H groups in total. The summed E-state index contributed by atoms with van der Waals surface area (Å²) >= 11 is 3.47. The molecule has 0 bridgehead atoms. The van der Waals surface area contributed by atoms with Crippen LogP contribution in [0.3, 0.4) is 0 Å². The molecule has 1 aliphatic rings. The summed E-state index contributed by atoms with van der Waals surface area (Å²) in [4.78, 5) is 27.5. The Morgan fingerprint density at radius 1 is 0.902 bits per heavy atom. The van der Waals surface area contributed by atoms with E-state index in [0.717, 1.165) is 29.8 Å². The van der Waals surface area contributed by atoms with Gasteiger partial charge in [0.2, 0.25) is 5.67 Å². The summed E-state index contributed by atoms with van der Waals surface area (Å²) in [5, 5.41) is 0. The molecule has 0 aliphatic carbocycles. The monoisotopic (exact) mass is 624 g/mol. The van der Waals surface area contributed by atoms with Gasteiger partial charge in [-0.2, -0.15) is 0 Å². The molecule has 0 radical (unpaired) electrons. The normalized spacial score (nSPS) is 15.2. The van der Waals surface area contributed by atoms with E-state index in [-0.39, 0.29) is 18.8 Å². The molecule has 0 spiro atoms. The van der Waals surface area contributed by atoms with Gasteiger partial charge in [0.1, 0.15) is 0 Å².